The molecule has 2 rings (SSSR count). The molecule has 0 bridgehead atoms. The van der Waals surface area contributed by atoms with E-state index in [0.29, 0.717) is 12.8 Å². The molecule has 0 amide bonds. The smallest absolute Gasteiger partial charge is 0.166 e. The number of Topliss-reactive ketones (excluding diaryl/α,β-unsaturated/α-hetero) is 1. The second kappa shape index (κ2) is 3.40. The highest BCUT2D eigenvalue weighted by molar-refractivity contribution is 5.99. The highest BCUT2D eigenvalue weighted by atomic mass is 19.1. The Hall–Kier alpha value is -1.25. The van der Waals surface area contributed by atoms with E-state index in [2.05, 4.69) is 0 Å². The number of aryl methyl sites for hydroxylation is 1. The van der Waals surface area contributed by atoms with Crippen LogP contribution >= 0.6 is 0 Å². The number of ketones is 1. The molecule has 0 aromatic heterocycles. The Morgan fingerprint density at radius 2 is 2.07 bits per heavy atom. The fourth-order valence-corrected chi connectivity index (χ4v) is 2.14. The van der Waals surface area contributed by atoms with Crippen LogP contribution in [0.4, 0.5) is 8.78 Å². The average Bonchev–Trinajstić information content (AvgIpc) is 2.18. The van der Waals surface area contributed by atoms with Crippen molar-refractivity contribution in [3.8, 4) is 0 Å². The molecule has 0 aliphatic heterocycles. The summed E-state index contributed by atoms with van der Waals surface area (Å²) in [5.41, 5.74) is 0.439. The van der Waals surface area contributed by atoms with Gasteiger partial charge >= 0.3 is 0 Å². The zero-order valence-corrected chi connectivity index (χ0v) is 8.73. The molecule has 1 aromatic carbocycles. The quantitative estimate of drug-likeness (QED) is 0.641. The van der Waals surface area contributed by atoms with Gasteiger partial charge in [-0.2, -0.15) is 0 Å². The van der Waals surface area contributed by atoms with Crippen LogP contribution in [0.2, 0.25) is 0 Å². The summed E-state index contributed by atoms with van der Waals surface area (Å²) in [5.74, 6) is -1.36. The molecule has 0 radical (unpaired) electrons. The molecule has 15 heavy (non-hydrogen) atoms. The highest BCUT2D eigenvalue weighted by Gasteiger charge is 2.29. The standard InChI is InChI=1S/C12H12F2O/c1-6-3-4-9(15)11-10(6)8(13)5-7(2)12(11)14/h5-6H,3-4H2,1-2H3. The maximum absolute atomic E-state index is 13.7. The SMILES string of the molecule is Cc1cc(F)c2c(c1F)C(=O)CCC2C. The van der Waals surface area contributed by atoms with Gasteiger partial charge in [-0.25, -0.2) is 8.78 Å². The maximum atomic E-state index is 13.7. The van der Waals surface area contributed by atoms with Crippen molar-refractivity contribution in [3.63, 3.8) is 0 Å². The second-order valence-electron chi connectivity index (χ2n) is 4.14. The predicted octanol–water partition coefficient (Wildman–Crippen LogP) is 3.35. The Balaban J connectivity index is 2.76. The summed E-state index contributed by atoms with van der Waals surface area (Å²) in [7, 11) is 0. The summed E-state index contributed by atoms with van der Waals surface area (Å²) in [5, 5.41) is 0. The number of hydrogen-bond donors (Lipinski definition) is 0. The zero-order valence-electron chi connectivity index (χ0n) is 8.73. The van der Waals surface area contributed by atoms with Gasteiger partial charge in [-0.1, -0.05) is 6.92 Å². The topological polar surface area (TPSA) is 17.1 Å². The first-order valence-electron chi connectivity index (χ1n) is 5.04. The van der Waals surface area contributed by atoms with Crippen LogP contribution < -0.4 is 0 Å². The molecule has 0 saturated carbocycles. The Bertz CT molecular complexity index is 438. The Morgan fingerprint density at radius 3 is 2.73 bits per heavy atom. The van der Waals surface area contributed by atoms with E-state index in [4.69, 9.17) is 0 Å². The molecule has 0 saturated heterocycles. The lowest BCUT2D eigenvalue weighted by Gasteiger charge is -2.23. The minimum Gasteiger partial charge on any atom is -0.294 e. The Morgan fingerprint density at radius 1 is 1.40 bits per heavy atom. The van der Waals surface area contributed by atoms with E-state index in [1.54, 1.807) is 0 Å². The molecule has 1 atom stereocenters. The fraction of sp³-hybridized carbons (Fsp3) is 0.417. The monoisotopic (exact) mass is 210 g/mol. The number of carbonyl (C=O) groups excluding carboxylic acids is 1. The van der Waals surface area contributed by atoms with Crippen molar-refractivity contribution in [3.05, 3.63) is 34.4 Å². The molecule has 1 aromatic rings. The van der Waals surface area contributed by atoms with Crippen molar-refractivity contribution >= 4 is 5.78 Å². The lowest BCUT2D eigenvalue weighted by Crippen LogP contribution is -2.18. The first kappa shape index (κ1) is 10.3. The lowest BCUT2D eigenvalue weighted by atomic mass is 9.81. The van der Waals surface area contributed by atoms with Gasteiger partial charge < -0.3 is 0 Å². The third-order valence-corrected chi connectivity index (χ3v) is 3.01. The molecule has 1 nitrogen and oxygen atoms in total. The van der Waals surface area contributed by atoms with Crippen LogP contribution in [-0.4, -0.2) is 5.78 Å². The van der Waals surface area contributed by atoms with E-state index in [1.807, 2.05) is 6.92 Å². The average molecular weight is 210 g/mol. The third kappa shape index (κ3) is 1.46. The number of hydrogen-bond acceptors (Lipinski definition) is 1. The van der Waals surface area contributed by atoms with Gasteiger partial charge in [0.25, 0.3) is 0 Å². The van der Waals surface area contributed by atoms with Gasteiger partial charge in [0.15, 0.2) is 5.78 Å². The molecule has 0 heterocycles. The molecule has 0 N–H and O–H groups in total. The van der Waals surface area contributed by atoms with Crippen molar-refractivity contribution < 1.29 is 13.6 Å². The van der Waals surface area contributed by atoms with Crippen LogP contribution in [0.15, 0.2) is 6.07 Å². The molecule has 1 unspecified atom stereocenters. The van der Waals surface area contributed by atoms with E-state index in [1.165, 1.54) is 13.0 Å². The highest BCUT2D eigenvalue weighted by Crippen LogP contribution is 2.35. The molecular formula is C12H12F2O. The van der Waals surface area contributed by atoms with Crippen molar-refractivity contribution in [1.29, 1.82) is 0 Å². The summed E-state index contributed by atoms with van der Waals surface area (Å²) in [6, 6.07) is 1.17. The van der Waals surface area contributed by atoms with Gasteiger partial charge in [0.05, 0.1) is 5.56 Å². The van der Waals surface area contributed by atoms with Crippen molar-refractivity contribution in [2.45, 2.75) is 32.6 Å². The van der Waals surface area contributed by atoms with Gasteiger partial charge in [0.1, 0.15) is 11.6 Å². The molecule has 0 fully saturated rings. The van der Waals surface area contributed by atoms with Crippen LogP contribution in [0.3, 0.4) is 0 Å². The van der Waals surface area contributed by atoms with Gasteiger partial charge in [-0.3, -0.25) is 4.79 Å². The van der Waals surface area contributed by atoms with Crippen molar-refractivity contribution in [2.24, 2.45) is 0 Å². The van der Waals surface area contributed by atoms with Crippen LogP contribution in [0.25, 0.3) is 0 Å². The molecule has 0 spiro atoms. The summed E-state index contributed by atoms with van der Waals surface area (Å²) in [6.07, 6.45) is 0.916. The normalized spacial score (nSPS) is 20.3. The summed E-state index contributed by atoms with van der Waals surface area (Å²) >= 11 is 0. The van der Waals surface area contributed by atoms with Crippen LogP contribution in [0.1, 0.15) is 47.2 Å². The maximum Gasteiger partial charge on any atom is 0.166 e. The minimum absolute atomic E-state index is 0.0220. The molecule has 1 aliphatic carbocycles. The minimum atomic E-state index is -0.553. The second-order valence-corrected chi connectivity index (χ2v) is 4.14. The largest absolute Gasteiger partial charge is 0.294 e. The molecule has 80 valence electrons. The molecule has 1 aliphatic rings. The lowest BCUT2D eigenvalue weighted by molar-refractivity contribution is 0.0962. The number of fused-ring (bicyclic) bond motifs is 1. The number of benzene rings is 1. The van der Waals surface area contributed by atoms with E-state index in [9.17, 15) is 13.6 Å². The molecule has 3 heteroatoms. The third-order valence-electron chi connectivity index (χ3n) is 3.01. The van der Waals surface area contributed by atoms with Gasteiger partial charge in [0, 0.05) is 12.0 Å². The molecular weight excluding hydrogens is 198 g/mol. The summed E-state index contributed by atoms with van der Waals surface area (Å²) in [6.45, 7) is 3.30. The first-order chi connectivity index (χ1) is 7.02. The van der Waals surface area contributed by atoms with E-state index < -0.39 is 11.6 Å². The van der Waals surface area contributed by atoms with Crippen LogP contribution in [-0.2, 0) is 0 Å². The zero-order chi connectivity index (χ0) is 11.2. The first-order valence-corrected chi connectivity index (χ1v) is 5.04. The number of halogens is 2. The number of rotatable bonds is 0. The van der Waals surface area contributed by atoms with Gasteiger partial charge in [-0.15, -0.1) is 0 Å². The van der Waals surface area contributed by atoms with E-state index in [-0.39, 0.29) is 28.4 Å². The Kier molecular flexibility index (Phi) is 2.33. The van der Waals surface area contributed by atoms with Gasteiger partial charge in [-0.05, 0) is 30.9 Å². The van der Waals surface area contributed by atoms with Crippen molar-refractivity contribution in [1.82, 2.24) is 0 Å². The number of carbonyl (C=O) groups is 1. The predicted molar refractivity (Wildman–Crippen MR) is 53.1 cm³/mol. The summed E-state index contributed by atoms with van der Waals surface area (Å²) in [4.78, 5) is 11.5. The van der Waals surface area contributed by atoms with Crippen LogP contribution in [0, 0.1) is 18.6 Å². The Labute approximate surface area is 87.1 Å². The van der Waals surface area contributed by atoms with E-state index >= 15 is 0 Å². The van der Waals surface area contributed by atoms with Crippen molar-refractivity contribution in [2.75, 3.05) is 0 Å². The fourth-order valence-electron chi connectivity index (χ4n) is 2.14. The summed E-state index contributed by atoms with van der Waals surface area (Å²) < 4.78 is 27.3. The van der Waals surface area contributed by atoms with Crippen LogP contribution in [0.5, 0.6) is 0 Å². The van der Waals surface area contributed by atoms with Gasteiger partial charge in [0.2, 0.25) is 0 Å². The van der Waals surface area contributed by atoms with E-state index in [0.717, 1.165) is 0 Å².